The smallest absolute Gasteiger partial charge is 0.242 e. The van der Waals surface area contributed by atoms with E-state index in [0.717, 1.165) is 5.01 Å². The number of amides is 1. The van der Waals surface area contributed by atoms with Crippen LogP contribution in [0.5, 0.6) is 0 Å². The fraction of sp³-hybridized carbons (Fsp3) is 0.667. The van der Waals surface area contributed by atoms with E-state index in [1.54, 1.807) is 6.92 Å². The summed E-state index contributed by atoms with van der Waals surface area (Å²) in [5.74, 6) is -0.244. The number of nitrogens with one attached hydrogen (secondary N) is 1. The Morgan fingerprint density at radius 1 is 1.44 bits per heavy atom. The number of halogens is 1. The molecule has 0 saturated heterocycles. The highest BCUT2D eigenvalue weighted by Gasteiger charge is 2.20. The number of anilines is 1. The van der Waals surface area contributed by atoms with Crippen molar-refractivity contribution in [2.24, 2.45) is 5.73 Å². The molecule has 0 spiro atoms. The summed E-state index contributed by atoms with van der Waals surface area (Å²) < 4.78 is 0. The van der Waals surface area contributed by atoms with Crippen LogP contribution in [0.4, 0.5) is 5.13 Å². The van der Waals surface area contributed by atoms with Crippen molar-refractivity contribution in [1.82, 2.24) is 10.2 Å². The van der Waals surface area contributed by atoms with Crippen LogP contribution in [0.3, 0.4) is 0 Å². The summed E-state index contributed by atoms with van der Waals surface area (Å²) in [4.78, 5) is 11.3. The average Bonchev–Trinajstić information content (AvgIpc) is 2.51. The van der Waals surface area contributed by atoms with Gasteiger partial charge in [-0.05, 0) is 6.92 Å². The molecule has 0 fully saturated rings. The Hall–Kier alpha value is -0.720. The third kappa shape index (κ3) is 4.03. The van der Waals surface area contributed by atoms with Crippen molar-refractivity contribution in [1.29, 1.82) is 0 Å². The minimum Gasteiger partial charge on any atom is -0.320 e. The molecule has 0 radical (unpaired) electrons. The van der Waals surface area contributed by atoms with Crippen molar-refractivity contribution >= 4 is 34.8 Å². The number of hydrogen-bond acceptors (Lipinski definition) is 5. The predicted octanol–water partition coefficient (Wildman–Crippen LogP) is 1.54. The Morgan fingerprint density at radius 3 is 2.38 bits per heavy atom. The summed E-state index contributed by atoms with van der Waals surface area (Å²) in [5, 5.41) is 11.9. The molecular weight excluding hydrogens is 248 g/mol. The van der Waals surface area contributed by atoms with Crippen LogP contribution in [0.25, 0.3) is 0 Å². The molecule has 1 atom stereocenters. The van der Waals surface area contributed by atoms with Crippen LogP contribution < -0.4 is 11.1 Å². The van der Waals surface area contributed by atoms with E-state index in [1.807, 2.05) is 20.8 Å². The standard InChI is InChI=1S/C9H16N4OS.ClH/c1-5(10)6(14)11-8-13-12-7(15-8)9(2,3)4;/h5H,10H2,1-4H3,(H,11,13,14);1H/t5-;/m0./s1. The zero-order valence-electron chi connectivity index (χ0n) is 9.77. The van der Waals surface area contributed by atoms with Crippen molar-refractivity contribution in [2.45, 2.75) is 39.2 Å². The van der Waals surface area contributed by atoms with Gasteiger partial charge < -0.3 is 5.73 Å². The molecule has 0 aliphatic rings. The lowest BCUT2D eigenvalue weighted by Gasteiger charge is -2.12. The number of hydrogen-bond donors (Lipinski definition) is 2. The second-order valence-electron chi connectivity index (χ2n) is 4.44. The summed E-state index contributed by atoms with van der Waals surface area (Å²) in [6.45, 7) is 7.76. The maximum Gasteiger partial charge on any atom is 0.242 e. The van der Waals surface area contributed by atoms with Crippen LogP contribution in [0.2, 0.25) is 0 Å². The number of nitrogens with two attached hydrogens (primary N) is 1. The molecule has 1 aromatic rings. The van der Waals surface area contributed by atoms with Gasteiger partial charge in [0.25, 0.3) is 0 Å². The lowest BCUT2D eigenvalue weighted by Crippen LogP contribution is -2.32. The third-order valence-corrected chi connectivity index (χ3v) is 2.97. The van der Waals surface area contributed by atoms with E-state index in [9.17, 15) is 4.79 Å². The molecule has 1 aromatic heterocycles. The van der Waals surface area contributed by atoms with Crippen LogP contribution in [-0.2, 0) is 10.2 Å². The maximum atomic E-state index is 11.3. The first kappa shape index (κ1) is 15.3. The minimum absolute atomic E-state index is 0. The van der Waals surface area contributed by atoms with Gasteiger partial charge in [-0.3, -0.25) is 10.1 Å². The zero-order valence-corrected chi connectivity index (χ0v) is 11.4. The maximum absolute atomic E-state index is 11.3. The van der Waals surface area contributed by atoms with Gasteiger partial charge in [0.05, 0.1) is 6.04 Å². The predicted molar refractivity (Wildman–Crippen MR) is 68.1 cm³/mol. The molecule has 0 saturated carbocycles. The quantitative estimate of drug-likeness (QED) is 0.849. The first-order chi connectivity index (χ1) is 6.80. The lowest BCUT2D eigenvalue weighted by molar-refractivity contribution is -0.117. The molecule has 92 valence electrons. The molecule has 3 N–H and O–H groups in total. The topological polar surface area (TPSA) is 80.9 Å². The Bertz CT molecular complexity index is 359. The van der Waals surface area contributed by atoms with Gasteiger partial charge in [-0.25, -0.2) is 0 Å². The van der Waals surface area contributed by atoms with Crippen molar-refractivity contribution in [3.63, 3.8) is 0 Å². The average molecular weight is 265 g/mol. The normalized spacial score (nSPS) is 12.8. The van der Waals surface area contributed by atoms with Crippen LogP contribution in [0.1, 0.15) is 32.7 Å². The molecular formula is C9H17ClN4OS. The van der Waals surface area contributed by atoms with E-state index >= 15 is 0 Å². The largest absolute Gasteiger partial charge is 0.320 e. The summed E-state index contributed by atoms with van der Waals surface area (Å²) in [5.41, 5.74) is 5.37. The molecule has 1 heterocycles. The van der Waals surface area contributed by atoms with Crippen molar-refractivity contribution in [3.8, 4) is 0 Å². The van der Waals surface area contributed by atoms with Gasteiger partial charge in [-0.1, -0.05) is 32.1 Å². The second-order valence-corrected chi connectivity index (χ2v) is 5.42. The fourth-order valence-electron chi connectivity index (χ4n) is 0.796. The molecule has 1 amide bonds. The van der Waals surface area contributed by atoms with Gasteiger partial charge in [-0.2, -0.15) is 0 Å². The Kier molecular flexibility index (Phi) is 5.31. The van der Waals surface area contributed by atoms with Gasteiger partial charge in [0.2, 0.25) is 11.0 Å². The second kappa shape index (κ2) is 5.56. The third-order valence-electron chi connectivity index (χ3n) is 1.71. The van der Waals surface area contributed by atoms with E-state index < -0.39 is 6.04 Å². The number of nitrogens with zero attached hydrogens (tertiary/aromatic N) is 2. The van der Waals surface area contributed by atoms with Gasteiger partial charge >= 0.3 is 0 Å². The summed E-state index contributed by atoms with van der Waals surface area (Å²) in [6.07, 6.45) is 0. The molecule has 0 unspecified atom stereocenters. The lowest BCUT2D eigenvalue weighted by atomic mass is 9.98. The number of aromatic nitrogens is 2. The summed E-state index contributed by atoms with van der Waals surface area (Å²) >= 11 is 1.38. The van der Waals surface area contributed by atoms with E-state index in [0.29, 0.717) is 5.13 Å². The van der Waals surface area contributed by atoms with E-state index in [1.165, 1.54) is 11.3 Å². The van der Waals surface area contributed by atoms with Crippen LogP contribution in [-0.4, -0.2) is 22.1 Å². The molecule has 0 aliphatic heterocycles. The number of carbonyl (C=O) groups is 1. The molecule has 16 heavy (non-hydrogen) atoms. The van der Waals surface area contributed by atoms with Crippen LogP contribution >= 0.6 is 23.7 Å². The summed E-state index contributed by atoms with van der Waals surface area (Å²) in [7, 11) is 0. The molecule has 0 bridgehead atoms. The van der Waals surface area contributed by atoms with Crippen molar-refractivity contribution in [3.05, 3.63) is 5.01 Å². The molecule has 0 aliphatic carbocycles. The van der Waals surface area contributed by atoms with Gasteiger partial charge in [-0.15, -0.1) is 22.6 Å². The van der Waals surface area contributed by atoms with Gasteiger partial charge in [0.15, 0.2) is 0 Å². The molecule has 1 rings (SSSR count). The highest BCUT2D eigenvalue weighted by Crippen LogP contribution is 2.27. The highest BCUT2D eigenvalue weighted by atomic mass is 35.5. The Balaban J connectivity index is 0.00000225. The van der Waals surface area contributed by atoms with Crippen LogP contribution in [0, 0.1) is 0 Å². The fourth-order valence-corrected chi connectivity index (χ4v) is 1.60. The molecule has 5 nitrogen and oxygen atoms in total. The zero-order chi connectivity index (χ0) is 11.6. The van der Waals surface area contributed by atoms with Crippen LogP contribution in [0.15, 0.2) is 0 Å². The first-order valence-corrected chi connectivity index (χ1v) is 5.53. The monoisotopic (exact) mass is 264 g/mol. The molecule has 7 heteroatoms. The Morgan fingerprint density at radius 2 is 2.00 bits per heavy atom. The van der Waals surface area contributed by atoms with Crippen molar-refractivity contribution < 1.29 is 4.79 Å². The van der Waals surface area contributed by atoms with E-state index in [-0.39, 0.29) is 23.7 Å². The Labute approximate surface area is 105 Å². The molecule has 0 aromatic carbocycles. The van der Waals surface area contributed by atoms with Gasteiger partial charge in [0, 0.05) is 5.41 Å². The summed E-state index contributed by atoms with van der Waals surface area (Å²) in [6, 6.07) is -0.535. The minimum atomic E-state index is -0.535. The first-order valence-electron chi connectivity index (χ1n) is 4.71. The number of rotatable bonds is 2. The van der Waals surface area contributed by atoms with E-state index in [4.69, 9.17) is 5.73 Å². The SMILES string of the molecule is C[C@H](N)C(=O)Nc1nnc(C(C)(C)C)s1.Cl. The number of carbonyl (C=O) groups excluding carboxylic acids is 1. The van der Waals surface area contributed by atoms with E-state index in [2.05, 4.69) is 15.5 Å². The highest BCUT2D eigenvalue weighted by molar-refractivity contribution is 7.15. The van der Waals surface area contributed by atoms with Gasteiger partial charge in [0.1, 0.15) is 5.01 Å². The van der Waals surface area contributed by atoms with Crippen molar-refractivity contribution in [2.75, 3.05) is 5.32 Å².